The van der Waals surface area contributed by atoms with E-state index in [-0.39, 0.29) is 17.8 Å². The van der Waals surface area contributed by atoms with Gasteiger partial charge in [-0.25, -0.2) is 29.9 Å². The van der Waals surface area contributed by atoms with Crippen LogP contribution >= 0.6 is 69.6 Å². The normalized spacial score (nSPS) is 16.3. The van der Waals surface area contributed by atoms with E-state index in [9.17, 15) is 0 Å². The van der Waals surface area contributed by atoms with E-state index in [4.69, 9.17) is 99.3 Å². The highest BCUT2D eigenvalue weighted by atomic mass is 35.5. The van der Waals surface area contributed by atoms with Gasteiger partial charge in [0.15, 0.2) is 0 Å². The van der Waals surface area contributed by atoms with Crippen molar-refractivity contribution in [3.8, 4) is 33.8 Å². The second-order valence-electron chi connectivity index (χ2n) is 30.7. The Morgan fingerprint density at radius 2 is 0.757 bits per heavy atom. The van der Waals surface area contributed by atoms with Crippen molar-refractivity contribution in [2.24, 2.45) is 0 Å². The van der Waals surface area contributed by atoms with Gasteiger partial charge in [0.05, 0.1) is 53.8 Å². The third-order valence-electron chi connectivity index (χ3n) is 22.9. The summed E-state index contributed by atoms with van der Waals surface area (Å²) in [6, 6.07) is 69.0. The van der Waals surface area contributed by atoms with Crippen molar-refractivity contribution < 1.29 is 4.74 Å². The molecule has 3 N–H and O–H groups in total. The second-order valence-corrected chi connectivity index (χ2v) is 33.2. The minimum Gasteiger partial charge on any atom is -0.383 e. The monoisotopic (exact) mass is 1650 g/mol. The van der Waals surface area contributed by atoms with Crippen LogP contribution in [-0.4, -0.2) is 142 Å². The SMILES string of the molecule is CCCCN(C)CCc1cccc(Nc2ncc3c(n2)-c2ccccc2[C@H](c2ccc(Cl)c(Cl)c2)C3)c1.COCCN1CCN(CCc2cccc(Nc3ncc4c(n3)-c3ccccc3[C@H](c3ccc(Cl)c(Cl)c3)C4)c2)CC1.Clc1ccc([C@@H]2Cc3cnc(Nc4cccc(CCN5CCCCC5)c4)nc3-c3ccccc32)cc1Cl. The minimum atomic E-state index is 0.167. The Bertz CT molecular complexity index is 5340. The van der Waals surface area contributed by atoms with Gasteiger partial charge < -0.3 is 35.4 Å². The van der Waals surface area contributed by atoms with Crippen LogP contribution in [0.3, 0.4) is 0 Å². The van der Waals surface area contributed by atoms with Crippen molar-refractivity contribution in [3.05, 3.63) is 316 Å². The zero-order valence-corrected chi connectivity index (χ0v) is 70.0. The summed E-state index contributed by atoms with van der Waals surface area (Å²) in [5.41, 5.74) is 23.9. The average Bonchev–Trinajstić information content (AvgIpc) is 0.768. The maximum absolute atomic E-state index is 6.38. The first-order valence-electron chi connectivity index (χ1n) is 40.4. The van der Waals surface area contributed by atoms with Gasteiger partial charge in [-0.1, -0.05) is 217 Å². The fourth-order valence-electron chi connectivity index (χ4n) is 16.5. The molecule has 5 heterocycles. The minimum absolute atomic E-state index is 0.167. The fraction of sp³-hybridized carbons (Fsp3) is 0.305. The lowest BCUT2D eigenvalue weighted by Gasteiger charge is -2.34. The van der Waals surface area contributed by atoms with Crippen LogP contribution in [0.2, 0.25) is 30.1 Å². The molecule has 590 valence electrons. The number of fused-ring (bicyclic) bond motifs is 9. The topological polar surface area (TPSA) is 136 Å². The maximum atomic E-state index is 6.38. The molecule has 3 aromatic heterocycles. The second kappa shape index (κ2) is 38.9. The largest absolute Gasteiger partial charge is 0.383 e. The highest BCUT2D eigenvalue weighted by Crippen LogP contribution is 2.47. The summed E-state index contributed by atoms with van der Waals surface area (Å²) in [5.74, 6) is 2.36. The number of likely N-dealkylation sites (N-methyl/N-ethyl adjacent to an activating group) is 1. The third kappa shape index (κ3) is 20.6. The molecule has 3 atom stereocenters. The van der Waals surface area contributed by atoms with Gasteiger partial charge in [0.2, 0.25) is 17.8 Å². The number of piperidine rings is 1. The molecule has 0 unspecified atom stereocenters. The number of rotatable bonds is 24. The molecule has 9 aromatic carbocycles. The summed E-state index contributed by atoms with van der Waals surface area (Å²) in [7, 11) is 3.97. The summed E-state index contributed by atoms with van der Waals surface area (Å²) < 4.78 is 5.22. The number of unbranched alkanes of at least 4 members (excludes halogenated alkanes) is 1. The fourth-order valence-corrected chi connectivity index (χ4v) is 17.5. The number of ether oxygens (including phenoxy) is 1. The molecule has 0 radical (unpaired) electrons. The lowest BCUT2D eigenvalue weighted by molar-refractivity contribution is 0.0976. The van der Waals surface area contributed by atoms with E-state index >= 15 is 0 Å². The number of methoxy groups -OCH3 is 1. The Labute approximate surface area is 707 Å². The van der Waals surface area contributed by atoms with E-state index < -0.39 is 0 Å². The molecule has 5 aliphatic rings. The number of nitrogens with one attached hydrogen (secondary N) is 3. The molecule has 20 heteroatoms. The molecule has 14 nitrogen and oxygen atoms in total. The van der Waals surface area contributed by atoms with Crippen LogP contribution in [0.4, 0.5) is 34.9 Å². The van der Waals surface area contributed by atoms with Gasteiger partial charge in [0.25, 0.3) is 0 Å². The summed E-state index contributed by atoms with van der Waals surface area (Å²) in [4.78, 5) is 39.0. The van der Waals surface area contributed by atoms with Crippen LogP contribution in [0.25, 0.3) is 33.8 Å². The average molecular weight is 1650 g/mol. The van der Waals surface area contributed by atoms with Gasteiger partial charge in [0, 0.05) is 130 Å². The van der Waals surface area contributed by atoms with Crippen LogP contribution in [0.15, 0.2) is 219 Å². The first-order valence-corrected chi connectivity index (χ1v) is 42.6. The summed E-state index contributed by atoms with van der Waals surface area (Å²) >= 11 is 37.7. The van der Waals surface area contributed by atoms with Crippen LogP contribution < -0.4 is 16.0 Å². The third-order valence-corrected chi connectivity index (χ3v) is 25.1. The van der Waals surface area contributed by atoms with E-state index in [1.807, 2.05) is 55.0 Å². The molecule has 0 saturated carbocycles. The molecular formula is C95H97Cl6N13O. The van der Waals surface area contributed by atoms with Gasteiger partial charge in [-0.05, 0) is 224 Å². The van der Waals surface area contributed by atoms with E-state index in [1.54, 1.807) is 7.11 Å². The molecule has 115 heavy (non-hydrogen) atoms. The number of nitrogens with zero attached hydrogens (tertiary/aromatic N) is 10. The van der Waals surface area contributed by atoms with Crippen LogP contribution in [-0.2, 0) is 43.3 Å². The molecule has 0 amide bonds. The molecule has 0 bridgehead atoms. The number of hydrogen-bond donors (Lipinski definition) is 3. The molecule has 2 aliphatic heterocycles. The van der Waals surface area contributed by atoms with E-state index in [1.165, 1.54) is 78.6 Å². The van der Waals surface area contributed by atoms with Gasteiger partial charge in [-0.15, -0.1) is 0 Å². The Morgan fingerprint density at radius 3 is 1.13 bits per heavy atom. The lowest BCUT2D eigenvalue weighted by atomic mass is 9.78. The molecule has 17 rings (SSSR count). The van der Waals surface area contributed by atoms with Crippen molar-refractivity contribution in [2.75, 3.05) is 109 Å². The summed E-state index contributed by atoms with van der Waals surface area (Å²) in [5, 5.41) is 13.8. The van der Waals surface area contributed by atoms with Crippen molar-refractivity contribution in [2.45, 2.75) is 95.3 Å². The molecule has 0 spiro atoms. The maximum Gasteiger partial charge on any atom is 0.227 e. The van der Waals surface area contributed by atoms with Gasteiger partial charge in [-0.3, -0.25) is 4.90 Å². The smallest absolute Gasteiger partial charge is 0.227 e. The van der Waals surface area contributed by atoms with Crippen LogP contribution in [0.1, 0.15) is 124 Å². The number of aromatic nitrogens is 6. The van der Waals surface area contributed by atoms with Crippen LogP contribution in [0.5, 0.6) is 0 Å². The summed E-state index contributed by atoms with van der Waals surface area (Å²) in [6.45, 7) is 15.3. The summed E-state index contributed by atoms with van der Waals surface area (Å²) in [6.07, 6.45) is 17.9. The van der Waals surface area contributed by atoms with Gasteiger partial charge in [-0.2, -0.15) is 0 Å². The van der Waals surface area contributed by atoms with Crippen molar-refractivity contribution in [1.29, 1.82) is 0 Å². The van der Waals surface area contributed by atoms with Crippen molar-refractivity contribution in [3.63, 3.8) is 0 Å². The van der Waals surface area contributed by atoms with E-state index in [0.29, 0.717) is 48.0 Å². The number of anilines is 6. The first kappa shape index (κ1) is 81.3. The Kier molecular flexibility index (Phi) is 27.5. The predicted octanol–water partition coefficient (Wildman–Crippen LogP) is 22.8. The number of piperazine rings is 1. The highest BCUT2D eigenvalue weighted by molar-refractivity contribution is 6.43. The Hall–Kier alpha value is -8.84. The number of hydrogen-bond acceptors (Lipinski definition) is 14. The molecule has 3 aliphatic carbocycles. The molecule has 12 aromatic rings. The van der Waals surface area contributed by atoms with E-state index in [2.05, 4.69) is 218 Å². The van der Waals surface area contributed by atoms with Gasteiger partial charge >= 0.3 is 0 Å². The number of benzene rings is 9. The van der Waals surface area contributed by atoms with Gasteiger partial charge in [0.1, 0.15) is 0 Å². The molecule has 2 saturated heterocycles. The van der Waals surface area contributed by atoms with Crippen molar-refractivity contribution in [1.82, 2.24) is 49.5 Å². The molecule has 2 fully saturated rings. The zero-order valence-electron chi connectivity index (χ0n) is 65.4. The number of halogens is 6. The quantitative estimate of drug-likeness (QED) is 0.0529. The highest BCUT2D eigenvalue weighted by Gasteiger charge is 2.32. The molecular weight excluding hydrogens is 1550 g/mol. The predicted molar refractivity (Wildman–Crippen MR) is 476 cm³/mol. The van der Waals surface area contributed by atoms with Crippen molar-refractivity contribution >= 4 is 105 Å². The lowest BCUT2D eigenvalue weighted by Crippen LogP contribution is -2.47. The Balaban J connectivity index is 0.000000136. The van der Waals surface area contributed by atoms with Crippen LogP contribution in [0, 0.1) is 0 Å². The van der Waals surface area contributed by atoms with E-state index in [0.717, 1.165) is 188 Å². The number of likely N-dealkylation sites (tertiary alicyclic amines) is 1. The standard InChI is InChI=1S/C33H35Cl2N5O.C31H30Cl2N4.C31H32Cl2N4/c1-41-18-17-40-15-13-39(14-16-40)12-11-23-5-4-6-26(19-23)37-33-36-22-25-20-29(24-9-10-30(34)31(35)21-24)27-7-2-3-8-28(27)32(25)38-33;32-28-12-11-22(19-29(28)33)27-18-23-20-34-31(36-30(23)26-10-3-2-9-25(26)27)35-24-8-6-7-21(17-24)13-16-37-14-4-1-5-15-37;1-3-4-15-37(2)16-14-21-8-7-9-24(17-21)35-31-34-20-23-18-27(22-12-13-28(32)29(33)19-22)25-10-5-6-11-26(25)30(23)36-31/h2-10,19,21-22,29H,11-18,20H2,1H3,(H,36,37,38);2-3,6-12,17,19-20,27H,1,4-5,13-16,18H2,(H,34,35,36);5-13,17,19-20,27H,3-4,14-16,18H2,1-2H3,(H,34,35,36)/t29-;2*27-/m000/s1. The Morgan fingerprint density at radius 1 is 0.391 bits per heavy atom. The first-order chi connectivity index (χ1) is 56.2. The zero-order chi connectivity index (χ0) is 79.2.